The van der Waals surface area contributed by atoms with Crippen molar-refractivity contribution in [3.05, 3.63) is 30.1 Å². The summed E-state index contributed by atoms with van der Waals surface area (Å²) in [6.45, 7) is 0. The summed E-state index contributed by atoms with van der Waals surface area (Å²) in [7, 11) is 1.60. The van der Waals surface area contributed by atoms with E-state index in [-0.39, 0.29) is 11.8 Å². The lowest BCUT2D eigenvalue weighted by molar-refractivity contribution is 0.177. The highest BCUT2D eigenvalue weighted by Gasteiger charge is 2.18. The second-order valence-corrected chi connectivity index (χ2v) is 5.73. The van der Waals surface area contributed by atoms with Gasteiger partial charge in [0.1, 0.15) is 18.0 Å². The molecule has 1 saturated carbocycles. The molecule has 1 aromatic carbocycles. The fourth-order valence-corrected chi connectivity index (χ4v) is 2.63. The first-order valence-electron chi connectivity index (χ1n) is 6.79. The van der Waals surface area contributed by atoms with Crippen molar-refractivity contribution in [2.75, 3.05) is 12.4 Å². The van der Waals surface area contributed by atoms with Gasteiger partial charge in [-0.25, -0.2) is 13.5 Å². The minimum Gasteiger partial charge on any atom is -0.304 e. The molecular weight excluding hydrogens is 279 g/mol. The lowest BCUT2D eigenvalue weighted by Gasteiger charge is -2.23. The largest absolute Gasteiger partial charge is 0.333 e. The number of benzene rings is 1. The van der Waals surface area contributed by atoms with E-state index >= 15 is 0 Å². The van der Waals surface area contributed by atoms with E-state index in [9.17, 15) is 9.18 Å². The number of carbonyl (C=O) groups is 1. The predicted octanol–water partition coefficient (Wildman–Crippen LogP) is 4.20. The average Bonchev–Trinajstić information content (AvgIpc) is 2.48. The van der Waals surface area contributed by atoms with Crippen LogP contribution in [-0.2, 0) is 4.18 Å². The molecule has 1 aliphatic rings. The number of hydrogen-bond donors (Lipinski definition) is 1. The van der Waals surface area contributed by atoms with Crippen molar-refractivity contribution in [3.63, 3.8) is 0 Å². The smallest absolute Gasteiger partial charge is 0.304 e. The summed E-state index contributed by atoms with van der Waals surface area (Å²) in [5.74, 6) is -0.451. The number of hydrogen-bond acceptors (Lipinski definition) is 3. The molecule has 2 amide bonds. The molecule has 0 radical (unpaired) electrons. The van der Waals surface area contributed by atoms with Crippen LogP contribution < -0.4 is 5.32 Å². The van der Waals surface area contributed by atoms with Gasteiger partial charge in [0.25, 0.3) is 0 Å². The number of nitrogens with one attached hydrogen (secondary N) is 1. The molecule has 0 saturated heterocycles. The van der Waals surface area contributed by atoms with E-state index in [0.717, 1.165) is 25.1 Å². The van der Waals surface area contributed by atoms with E-state index in [1.807, 2.05) is 0 Å². The normalized spacial score (nSPS) is 15.9. The third kappa shape index (κ3) is 4.38. The van der Waals surface area contributed by atoms with Crippen LogP contribution in [0.3, 0.4) is 0 Å². The first-order chi connectivity index (χ1) is 9.66. The zero-order valence-electron chi connectivity index (χ0n) is 11.5. The summed E-state index contributed by atoms with van der Waals surface area (Å²) >= 11 is 1.01. The highest BCUT2D eigenvalue weighted by atomic mass is 32.2. The standard InChI is InChI=1S/C14H19FN2O2S/c1-17(20-19-11-7-3-2-4-8-11)14(18)16-13-10-6-5-9-12(13)15/h5-6,9-11H,2-4,7-8H2,1H3,(H,16,18). The van der Waals surface area contributed by atoms with Crippen LogP contribution in [0.2, 0.25) is 0 Å². The number of rotatable bonds is 4. The topological polar surface area (TPSA) is 41.6 Å². The second kappa shape index (κ2) is 7.50. The molecule has 2 rings (SSSR count). The van der Waals surface area contributed by atoms with Gasteiger partial charge in [0, 0.05) is 7.05 Å². The van der Waals surface area contributed by atoms with Gasteiger partial charge in [0.15, 0.2) is 0 Å². The Labute approximate surface area is 123 Å². The molecule has 0 heterocycles. The van der Waals surface area contributed by atoms with Crippen molar-refractivity contribution in [1.29, 1.82) is 0 Å². The molecule has 0 aromatic heterocycles. The molecule has 0 unspecified atom stereocenters. The Hall–Kier alpha value is -1.27. The molecule has 1 N–H and O–H groups in total. The molecule has 6 heteroatoms. The zero-order valence-corrected chi connectivity index (χ0v) is 12.3. The summed E-state index contributed by atoms with van der Waals surface area (Å²) in [4.78, 5) is 11.9. The molecule has 0 atom stereocenters. The molecular formula is C14H19FN2O2S. The molecule has 110 valence electrons. The van der Waals surface area contributed by atoms with E-state index in [1.165, 1.54) is 35.7 Å². The number of carbonyl (C=O) groups excluding carboxylic acids is 1. The van der Waals surface area contributed by atoms with Crippen molar-refractivity contribution in [2.24, 2.45) is 0 Å². The first-order valence-corrected chi connectivity index (χ1v) is 7.49. The van der Waals surface area contributed by atoms with Gasteiger partial charge >= 0.3 is 6.03 Å². The van der Waals surface area contributed by atoms with Crippen LogP contribution in [0, 0.1) is 5.82 Å². The average molecular weight is 298 g/mol. The van der Waals surface area contributed by atoms with Gasteiger partial charge in [0.2, 0.25) is 0 Å². The summed E-state index contributed by atoms with van der Waals surface area (Å²) < 4.78 is 20.4. The predicted molar refractivity (Wildman–Crippen MR) is 78.7 cm³/mol. The highest BCUT2D eigenvalue weighted by molar-refractivity contribution is 7.92. The fourth-order valence-electron chi connectivity index (χ4n) is 2.08. The summed E-state index contributed by atoms with van der Waals surface area (Å²) in [6.07, 6.45) is 5.89. The monoisotopic (exact) mass is 298 g/mol. The first kappa shape index (κ1) is 15.1. The van der Waals surface area contributed by atoms with Crippen molar-refractivity contribution in [2.45, 2.75) is 38.2 Å². The minimum absolute atomic E-state index is 0.169. The van der Waals surface area contributed by atoms with Crippen LogP contribution in [0.1, 0.15) is 32.1 Å². The minimum atomic E-state index is -0.451. The maximum absolute atomic E-state index is 13.4. The number of halogens is 1. The SMILES string of the molecule is CN(SOC1CCCCC1)C(=O)Nc1ccccc1F. The quantitative estimate of drug-likeness (QED) is 0.669. The Morgan fingerprint density at radius 2 is 2.05 bits per heavy atom. The maximum Gasteiger partial charge on any atom is 0.333 e. The van der Waals surface area contributed by atoms with Crippen LogP contribution in [0.5, 0.6) is 0 Å². The van der Waals surface area contributed by atoms with Crippen molar-refractivity contribution >= 4 is 23.9 Å². The Balaban J connectivity index is 1.78. The lowest BCUT2D eigenvalue weighted by atomic mass is 9.98. The summed E-state index contributed by atoms with van der Waals surface area (Å²) in [6, 6.07) is 5.67. The molecule has 1 aliphatic carbocycles. The van der Waals surface area contributed by atoms with E-state index in [4.69, 9.17) is 4.18 Å². The van der Waals surface area contributed by atoms with Crippen molar-refractivity contribution < 1.29 is 13.4 Å². The van der Waals surface area contributed by atoms with Crippen LogP contribution in [0.25, 0.3) is 0 Å². The zero-order chi connectivity index (χ0) is 14.4. The van der Waals surface area contributed by atoms with Crippen LogP contribution >= 0.6 is 12.2 Å². The summed E-state index contributed by atoms with van der Waals surface area (Å²) in [5.41, 5.74) is 0.169. The van der Waals surface area contributed by atoms with Gasteiger partial charge in [-0.3, -0.25) is 4.18 Å². The Morgan fingerprint density at radius 1 is 1.35 bits per heavy atom. The van der Waals surface area contributed by atoms with Gasteiger partial charge in [-0.1, -0.05) is 31.4 Å². The molecule has 4 nitrogen and oxygen atoms in total. The van der Waals surface area contributed by atoms with Gasteiger partial charge in [-0.15, -0.1) is 0 Å². The molecule has 0 aliphatic heterocycles. The molecule has 1 aromatic rings. The molecule has 0 spiro atoms. The van der Waals surface area contributed by atoms with Gasteiger partial charge in [-0.05, 0) is 25.0 Å². The van der Waals surface area contributed by atoms with Crippen LogP contribution in [-0.4, -0.2) is 23.5 Å². The summed E-state index contributed by atoms with van der Waals surface area (Å²) in [5, 5.41) is 2.51. The van der Waals surface area contributed by atoms with Gasteiger partial charge in [0.05, 0.1) is 11.8 Å². The second-order valence-electron chi connectivity index (χ2n) is 4.84. The third-order valence-electron chi connectivity index (χ3n) is 3.24. The molecule has 0 bridgehead atoms. The van der Waals surface area contributed by atoms with Crippen LogP contribution in [0.15, 0.2) is 24.3 Å². The third-order valence-corrected chi connectivity index (χ3v) is 3.99. The Bertz CT molecular complexity index is 453. The van der Waals surface area contributed by atoms with E-state index in [2.05, 4.69) is 5.32 Å². The van der Waals surface area contributed by atoms with Crippen molar-refractivity contribution in [3.8, 4) is 0 Å². The van der Waals surface area contributed by atoms with E-state index < -0.39 is 11.8 Å². The molecule has 20 heavy (non-hydrogen) atoms. The number of nitrogens with zero attached hydrogens (tertiary/aromatic N) is 1. The van der Waals surface area contributed by atoms with Gasteiger partial charge in [-0.2, -0.15) is 0 Å². The lowest BCUT2D eigenvalue weighted by Crippen LogP contribution is -2.27. The highest BCUT2D eigenvalue weighted by Crippen LogP contribution is 2.25. The molecule has 1 fully saturated rings. The number of amides is 2. The van der Waals surface area contributed by atoms with Crippen molar-refractivity contribution in [1.82, 2.24) is 4.31 Å². The van der Waals surface area contributed by atoms with E-state index in [1.54, 1.807) is 19.2 Å². The number of anilines is 1. The maximum atomic E-state index is 13.4. The van der Waals surface area contributed by atoms with E-state index in [0.29, 0.717) is 0 Å². The van der Waals surface area contributed by atoms with Crippen LogP contribution in [0.4, 0.5) is 14.9 Å². The fraction of sp³-hybridized carbons (Fsp3) is 0.500. The Kier molecular flexibility index (Phi) is 5.67. The number of para-hydroxylation sites is 1. The number of urea groups is 1. The Morgan fingerprint density at radius 3 is 2.75 bits per heavy atom. The van der Waals surface area contributed by atoms with Gasteiger partial charge < -0.3 is 5.32 Å².